The van der Waals surface area contributed by atoms with Gasteiger partial charge in [-0.2, -0.15) is 0 Å². The molecule has 4 N–H and O–H groups in total. The molecule has 0 aliphatic rings. The van der Waals surface area contributed by atoms with Crippen molar-refractivity contribution in [1.82, 2.24) is 0 Å². The van der Waals surface area contributed by atoms with Crippen molar-refractivity contribution in [2.45, 2.75) is 283 Å². The highest BCUT2D eigenvalue weighted by atomic mass is 31.2. The van der Waals surface area contributed by atoms with Crippen LogP contribution in [0.4, 0.5) is 0 Å². The lowest BCUT2D eigenvalue weighted by Crippen LogP contribution is -2.30. The Morgan fingerprint density at radius 1 is 0.349 bits per heavy atom. The number of aliphatic hydroxyl groups is 2. The van der Waals surface area contributed by atoms with Gasteiger partial charge in [0, 0.05) is 19.3 Å². The van der Waals surface area contributed by atoms with E-state index in [1.807, 2.05) is 0 Å². The van der Waals surface area contributed by atoms with Gasteiger partial charge in [0.2, 0.25) is 0 Å². The number of unbranched alkanes of at least 4 members (excludes halogenated alkanes) is 26. The molecule has 0 aromatic rings. The molecular formula is C65H116O16P2. The van der Waals surface area contributed by atoms with Crippen LogP contribution in [0.1, 0.15) is 265 Å². The fraction of sp³-hybridized carbons (Fsp3) is 0.769. The molecule has 0 aliphatic heterocycles. The molecule has 0 spiro atoms. The molecule has 0 saturated heterocycles. The predicted molar refractivity (Wildman–Crippen MR) is 335 cm³/mol. The highest BCUT2D eigenvalue weighted by Gasteiger charge is 2.29. The third-order valence-electron chi connectivity index (χ3n) is 13.4. The second kappa shape index (κ2) is 59.3. The molecule has 0 radical (unpaired) electrons. The van der Waals surface area contributed by atoms with E-state index in [9.17, 15) is 43.5 Å². The number of hydrogen-bond acceptors (Lipinski definition) is 14. The highest BCUT2D eigenvalue weighted by molar-refractivity contribution is 7.47. The Kier molecular flexibility index (Phi) is 57.2. The normalized spacial score (nSPS) is 14.8. The predicted octanol–water partition coefficient (Wildman–Crippen LogP) is 17.2. The number of phosphoric acid groups is 2. The minimum absolute atomic E-state index is 0.0945. The standard InChI is InChI=1S/C65H116O16P2/c1-4-7-10-13-16-19-22-25-27-28-29-30-32-35-36-39-42-45-48-51-63(68)75-54-60(66)55-77-82(71,72)78-56-61(67)57-79-83(73,74)80-59-62(81-65(70)53-50-47-44-41-38-33-24-21-18-15-12-9-6-3)58-76-64(69)52-49-46-43-40-37-34-31-26-23-20-17-14-11-8-5-2/h7,10,16,19,21,24-27,29-31,60-62,66-67H,4-6,8-9,11-15,17-18,20,22-23,28,32-59H2,1-3H3,(H,71,72)(H,73,74)/b10-7-,19-16-,24-21-,27-25-,30-29-,31-26-. The van der Waals surface area contributed by atoms with Gasteiger partial charge in [-0.05, 0) is 109 Å². The second-order valence-electron chi connectivity index (χ2n) is 21.5. The molecule has 0 aromatic carbocycles. The molecule has 0 bridgehead atoms. The molecule has 0 aromatic heterocycles. The quantitative estimate of drug-likeness (QED) is 0.0146. The summed E-state index contributed by atoms with van der Waals surface area (Å²) < 4.78 is 60.7. The first-order valence-corrected chi connectivity index (χ1v) is 35.2. The van der Waals surface area contributed by atoms with Gasteiger partial charge < -0.3 is 34.2 Å². The summed E-state index contributed by atoms with van der Waals surface area (Å²) in [7, 11) is -9.77. The average Bonchev–Trinajstić information content (AvgIpc) is 3.46. The molecule has 16 nitrogen and oxygen atoms in total. The van der Waals surface area contributed by atoms with Gasteiger partial charge in [0.1, 0.15) is 25.4 Å². The molecule has 0 rings (SSSR count). The summed E-state index contributed by atoms with van der Waals surface area (Å²) in [5, 5.41) is 20.5. The van der Waals surface area contributed by atoms with Gasteiger partial charge in [0.05, 0.1) is 26.4 Å². The van der Waals surface area contributed by atoms with E-state index in [-0.39, 0.29) is 19.3 Å². The number of rotatable bonds is 61. The lowest BCUT2D eigenvalue weighted by molar-refractivity contribution is -0.161. The fourth-order valence-electron chi connectivity index (χ4n) is 8.43. The van der Waals surface area contributed by atoms with Gasteiger partial charge in [-0.3, -0.25) is 32.5 Å². The van der Waals surface area contributed by atoms with Crippen LogP contribution in [0.15, 0.2) is 72.9 Å². The van der Waals surface area contributed by atoms with Crippen molar-refractivity contribution >= 4 is 33.6 Å². The maximum absolute atomic E-state index is 12.9. The van der Waals surface area contributed by atoms with Crippen LogP contribution in [-0.4, -0.2) is 95.9 Å². The van der Waals surface area contributed by atoms with E-state index < -0.39 is 91.5 Å². The maximum Gasteiger partial charge on any atom is 0.472 e. The van der Waals surface area contributed by atoms with Gasteiger partial charge in [0.15, 0.2) is 6.10 Å². The zero-order valence-corrected chi connectivity index (χ0v) is 53.6. The molecule has 18 heteroatoms. The SMILES string of the molecule is CC/C=C\C/C=C\C/C=C\C/C=C\CCCCCCCCC(=O)OCC(O)COP(=O)(O)OCC(O)COP(=O)(O)OCC(COC(=O)CCCCCCC/C=C\CCCCCCCC)OC(=O)CCCCCCC/C=C\CCCCCC. The third kappa shape index (κ3) is 60.5. The van der Waals surface area contributed by atoms with Crippen molar-refractivity contribution in [2.24, 2.45) is 0 Å². The molecule has 5 unspecified atom stereocenters. The van der Waals surface area contributed by atoms with E-state index in [1.165, 1.54) is 64.2 Å². The van der Waals surface area contributed by atoms with Gasteiger partial charge >= 0.3 is 33.6 Å². The number of carbonyl (C=O) groups is 3. The van der Waals surface area contributed by atoms with Crippen LogP contribution >= 0.6 is 15.6 Å². The van der Waals surface area contributed by atoms with E-state index in [0.29, 0.717) is 19.3 Å². The lowest BCUT2D eigenvalue weighted by Gasteiger charge is -2.21. The Bertz CT molecular complexity index is 1820. The molecule has 0 saturated carbocycles. The van der Waals surface area contributed by atoms with E-state index in [4.69, 9.17) is 32.3 Å². The first-order valence-electron chi connectivity index (χ1n) is 32.2. The summed E-state index contributed by atoms with van der Waals surface area (Å²) >= 11 is 0. The Labute approximate surface area is 503 Å². The van der Waals surface area contributed by atoms with Crippen molar-refractivity contribution < 1.29 is 75.8 Å². The summed E-state index contributed by atoms with van der Waals surface area (Å²) in [6, 6.07) is 0. The molecule has 0 amide bonds. The van der Waals surface area contributed by atoms with Gasteiger partial charge in [0.25, 0.3) is 0 Å². The zero-order valence-electron chi connectivity index (χ0n) is 51.9. The smallest absolute Gasteiger partial charge is 0.463 e. The molecule has 5 atom stereocenters. The minimum Gasteiger partial charge on any atom is -0.463 e. The molecular weight excluding hydrogens is 1100 g/mol. The zero-order chi connectivity index (χ0) is 61.0. The van der Waals surface area contributed by atoms with Crippen molar-refractivity contribution in [3.8, 4) is 0 Å². The van der Waals surface area contributed by atoms with E-state index in [1.54, 1.807) is 0 Å². The summed E-state index contributed by atoms with van der Waals surface area (Å²) in [5.41, 5.74) is 0. The number of aliphatic hydroxyl groups excluding tert-OH is 2. The maximum atomic E-state index is 12.9. The topological polar surface area (TPSA) is 231 Å². The number of carbonyl (C=O) groups excluding carboxylic acids is 3. The summed E-state index contributed by atoms with van der Waals surface area (Å²) in [5.74, 6) is -1.60. The number of allylic oxidation sites excluding steroid dienone is 12. The van der Waals surface area contributed by atoms with Crippen LogP contribution in [0.3, 0.4) is 0 Å². The van der Waals surface area contributed by atoms with E-state index >= 15 is 0 Å². The first kappa shape index (κ1) is 80.0. The van der Waals surface area contributed by atoms with Gasteiger partial charge in [-0.15, -0.1) is 0 Å². The van der Waals surface area contributed by atoms with Crippen LogP contribution in [-0.2, 0) is 55.8 Å². The van der Waals surface area contributed by atoms with Crippen LogP contribution in [0.5, 0.6) is 0 Å². The first-order chi connectivity index (χ1) is 40.2. The number of phosphoric ester groups is 2. The molecule has 482 valence electrons. The van der Waals surface area contributed by atoms with Crippen LogP contribution in [0.25, 0.3) is 0 Å². The number of hydrogen-bond donors (Lipinski definition) is 4. The Hall–Kier alpha value is -3.01. The largest absolute Gasteiger partial charge is 0.472 e. The molecule has 83 heavy (non-hydrogen) atoms. The Morgan fingerprint density at radius 3 is 1.04 bits per heavy atom. The summed E-state index contributed by atoms with van der Waals surface area (Å²) in [4.78, 5) is 58.2. The second-order valence-corrected chi connectivity index (χ2v) is 24.4. The molecule has 0 heterocycles. The van der Waals surface area contributed by atoms with E-state index in [0.717, 1.165) is 141 Å². The van der Waals surface area contributed by atoms with Gasteiger partial charge in [-0.1, -0.05) is 209 Å². The summed E-state index contributed by atoms with van der Waals surface area (Å²) in [6.07, 6.45) is 59.6. The summed E-state index contributed by atoms with van der Waals surface area (Å²) in [6.45, 7) is 2.50. The molecule has 0 aliphatic carbocycles. The highest BCUT2D eigenvalue weighted by Crippen LogP contribution is 2.45. The van der Waals surface area contributed by atoms with Crippen molar-refractivity contribution in [2.75, 3.05) is 39.6 Å². The Morgan fingerprint density at radius 2 is 0.639 bits per heavy atom. The Balaban J connectivity index is 4.65. The van der Waals surface area contributed by atoms with Crippen molar-refractivity contribution in [1.29, 1.82) is 0 Å². The number of ether oxygens (including phenoxy) is 3. The monoisotopic (exact) mass is 1210 g/mol. The third-order valence-corrected chi connectivity index (χ3v) is 15.3. The molecule has 0 fully saturated rings. The fourth-order valence-corrected chi connectivity index (χ4v) is 10.0. The van der Waals surface area contributed by atoms with Crippen LogP contribution in [0.2, 0.25) is 0 Å². The lowest BCUT2D eigenvalue weighted by atomic mass is 10.1. The van der Waals surface area contributed by atoms with Crippen LogP contribution < -0.4 is 0 Å². The van der Waals surface area contributed by atoms with Crippen LogP contribution in [0, 0.1) is 0 Å². The van der Waals surface area contributed by atoms with E-state index in [2.05, 4.69) is 93.7 Å². The van der Waals surface area contributed by atoms with Crippen molar-refractivity contribution in [3.63, 3.8) is 0 Å². The average molecular weight is 1220 g/mol. The van der Waals surface area contributed by atoms with Gasteiger partial charge in [-0.25, -0.2) is 9.13 Å². The minimum atomic E-state index is -4.92. The van der Waals surface area contributed by atoms with Crippen molar-refractivity contribution in [3.05, 3.63) is 72.9 Å². The number of esters is 3.